The highest BCUT2D eigenvalue weighted by Crippen LogP contribution is 2.19. The average Bonchev–Trinajstić information content (AvgIpc) is 3.46. The molecule has 1 atom stereocenters. The van der Waals surface area contributed by atoms with Crippen molar-refractivity contribution in [2.24, 2.45) is 0 Å². The number of carbonyl (C=O) groups is 3. The molecule has 0 saturated carbocycles. The van der Waals surface area contributed by atoms with Crippen LogP contribution in [0.15, 0.2) is 12.2 Å². The zero-order valence-electron chi connectivity index (χ0n) is 54.6. The minimum Gasteiger partial charge on any atom is -0.462 e. The van der Waals surface area contributed by atoms with Crippen LogP contribution in [0.2, 0.25) is 0 Å². The van der Waals surface area contributed by atoms with E-state index in [0.717, 1.165) is 57.8 Å². The molecule has 0 aliphatic carbocycles. The maximum atomic E-state index is 13.0. The molecule has 6 heteroatoms. The summed E-state index contributed by atoms with van der Waals surface area (Å²) in [6, 6.07) is 0. The second-order valence-electron chi connectivity index (χ2n) is 25.2. The molecule has 0 N–H and O–H groups in total. The van der Waals surface area contributed by atoms with E-state index in [9.17, 15) is 14.4 Å². The lowest BCUT2D eigenvalue weighted by Gasteiger charge is -2.18. The van der Waals surface area contributed by atoms with Crippen molar-refractivity contribution < 1.29 is 28.6 Å². The Morgan fingerprint density at radius 1 is 0.237 bits per heavy atom. The van der Waals surface area contributed by atoms with E-state index in [1.165, 1.54) is 327 Å². The Bertz CT molecular complexity index is 1250. The quantitative estimate of drug-likeness (QED) is 0.0261. The fourth-order valence-corrected chi connectivity index (χ4v) is 11.5. The van der Waals surface area contributed by atoms with Gasteiger partial charge in [-0.05, 0) is 44.9 Å². The monoisotopic (exact) mass is 1130 g/mol. The van der Waals surface area contributed by atoms with Crippen molar-refractivity contribution in [1.82, 2.24) is 0 Å². The minimum atomic E-state index is -0.766. The van der Waals surface area contributed by atoms with Crippen LogP contribution in [-0.2, 0) is 28.6 Å². The predicted molar refractivity (Wildman–Crippen MR) is 349 cm³/mol. The third-order valence-electron chi connectivity index (χ3n) is 17.0. The van der Waals surface area contributed by atoms with E-state index in [1.807, 2.05) is 0 Å². The molecule has 0 bridgehead atoms. The lowest BCUT2D eigenvalue weighted by molar-refractivity contribution is -0.167. The Morgan fingerprint density at radius 2 is 0.412 bits per heavy atom. The van der Waals surface area contributed by atoms with Gasteiger partial charge in [-0.1, -0.05) is 373 Å². The molecule has 6 nitrogen and oxygen atoms in total. The van der Waals surface area contributed by atoms with Crippen LogP contribution < -0.4 is 0 Å². The maximum Gasteiger partial charge on any atom is 0.306 e. The van der Waals surface area contributed by atoms with Crippen LogP contribution in [0.25, 0.3) is 0 Å². The van der Waals surface area contributed by atoms with Gasteiger partial charge in [-0.2, -0.15) is 0 Å². The highest BCUT2D eigenvalue weighted by atomic mass is 16.6. The normalized spacial score (nSPS) is 12.0. The molecule has 0 aromatic carbocycles. The molecule has 0 rings (SSSR count). The van der Waals surface area contributed by atoms with E-state index < -0.39 is 6.10 Å². The molecule has 0 saturated heterocycles. The topological polar surface area (TPSA) is 78.9 Å². The summed E-state index contributed by atoms with van der Waals surface area (Å²) in [5.74, 6) is -0.822. The van der Waals surface area contributed by atoms with Gasteiger partial charge in [0.25, 0.3) is 0 Å². The second-order valence-corrected chi connectivity index (χ2v) is 25.2. The first-order valence-electron chi connectivity index (χ1n) is 36.7. The highest BCUT2D eigenvalue weighted by Gasteiger charge is 2.20. The van der Waals surface area contributed by atoms with E-state index in [-0.39, 0.29) is 31.1 Å². The van der Waals surface area contributed by atoms with Crippen molar-refractivity contribution in [2.75, 3.05) is 13.2 Å². The number of unbranched alkanes of at least 4 members (excludes halogenated alkanes) is 56. The molecule has 0 aliphatic heterocycles. The van der Waals surface area contributed by atoms with Crippen molar-refractivity contribution in [3.63, 3.8) is 0 Å². The molecule has 0 spiro atoms. The number of ether oxygens (including phenoxy) is 3. The Labute approximate surface area is 501 Å². The van der Waals surface area contributed by atoms with Crippen LogP contribution in [0.5, 0.6) is 0 Å². The first-order valence-corrected chi connectivity index (χ1v) is 36.7. The summed E-state index contributed by atoms with van der Waals surface area (Å²) >= 11 is 0. The van der Waals surface area contributed by atoms with Crippen LogP contribution in [0.3, 0.4) is 0 Å². The molecule has 80 heavy (non-hydrogen) atoms. The number of rotatable bonds is 69. The lowest BCUT2D eigenvalue weighted by atomic mass is 10.0. The summed E-state index contributed by atoms with van der Waals surface area (Å²) < 4.78 is 17.0. The molecule has 1 unspecified atom stereocenters. The van der Waals surface area contributed by atoms with Crippen molar-refractivity contribution in [1.29, 1.82) is 0 Å². The van der Waals surface area contributed by atoms with Gasteiger partial charge < -0.3 is 14.2 Å². The van der Waals surface area contributed by atoms with Gasteiger partial charge >= 0.3 is 17.9 Å². The summed E-state index contributed by atoms with van der Waals surface area (Å²) in [4.78, 5) is 38.5. The van der Waals surface area contributed by atoms with Gasteiger partial charge in [-0.3, -0.25) is 14.4 Å². The molecule has 0 heterocycles. The number of esters is 3. The van der Waals surface area contributed by atoms with Crippen molar-refractivity contribution >= 4 is 17.9 Å². The third-order valence-corrected chi connectivity index (χ3v) is 17.0. The first-order chi connectivity index (χ1) is 39.5. The van der Waals surface area contributed by atoms with E-state index in [4.69, 9.17) is 14.2 Å². The molecule has 0 aromatic rings. The molecule has 0 aromatic heterocycles. The summed E-state index contributed by atoms with van der Waals surface area (Å²) in [6.07, 6.45) is 83.9. The zero-order chi connectivity index (χ0) is 57.8. The van der Waals surface area contributed by atoms with Gasteiger partial charge in [-0.25, -0.2) is 0 Å². The number of allylic oxidation sites excluding steroid dienone is 2. The van der Waals surface area contributed by atoms with E-state index in [2.05, 4.69) is 32.9 Å². The summed E-state index contributed by atoms with van der Waals surface area (Å²) in [7, 11) is 0. The van der Waals surface area contributed by atoms with Crippen molar-refractivity contribution in [3.8, 4) is 0 Å². The minimum absolute atomic E-state index is 0.0621. The Kier molecular flexibility index (Phi) is 68.0. The van der Waals surface area contributed by atoms with Crippen molar-refractivity contribution in [2.45, 2.75) is 431 Å². The molecule has 0 radical (unpaired) electrons. The van der Waals surface area contributed by atoms with E-state index >= 15 is 0 Å². The summed E-state index contributed by atoms with van der Waals surface area (Å²) in [5, 5.41) is 0. The standard InChI is InChI=1S/C74H142O6/c1-4-7-10-13-16-19-22-25-28-31-33-35-36-37-38-39-41-43-46-49-52-55-58-61-64-67-73(76)79-70-71(69-78-72(75)66-63-60-57-54-51-48-45-42-30-27-24-21-18-15-12-9-6-3)80-74(77)68-65-62-59-56-53-50-47-44-40-34-32-29-26-23-20-17-14-11-8-5-2/h31,33,71H,4-30,32,34-70H2,1-3H3/b33-31-. The average molecular weight is 1130 g/mol. The third kappa shape index (κ3) is 66.9. The Balaban J connectivity index is 4.25. The summed E-state index contributed by atoms with van der Waals surface area (Å²) in [5.41, 5.74) is 0. The lowest BCUT2D eigenvalue weighted by Crippen LogP contribution is -2.30. The summed E-state index contributed by atoms with van der Waals surface area (Å²) in [6.45, 7) is 6.74. The van der Waals surface area contributed by atoms with E-state index in [1.54, 1.807) is 0 Å². The highest BCUT2D eigenvalue weighted by molar-refractivity contribution is 5.71. The molecular weight excluding hydrogens is 985 g/mol. The smallest absolute Gasteiger partial charge is 0.306 e. The molecule has 0 amide bonds. The SMILES string of the molecule is CCCCCCCCCC/C=C\CCCCCCCCCCCCCCCC(=O)OCC(COC(=O)CCCCCCCCCCCCCCCCCCC)OC(=O)CCCCCCCCCCCCCCCCCCCCCC. The maximum absolute atomic E-state index is 13.0. The van der Waals surface area contributed by atoms with Gasteiger partial charge in [0.2, 0.25) is 0 Å². The van der Waals surface area contributed by atoms with Crippen LogP contribution in [0.4, 0.5) is 0 Å². The fourth-order valence-electron chi connectivity index (χ4n) is 11.5. The van der Waals surface area contributed by atoms with Gasteiger partial charge in [0.05, 0.1) is 0 Å². The first kappa shape index (κ1) is 78.1. The zero-order valence-corrected chi connectivity index (χ0v) is 54.6. The van der Waals surface area contributed by atoms with Crippen LogP contribution >= 0.6 is 0 Å². The van der Waals surface area contributed by atoms with Crippen LogP contribution in [0, 0.1) is 0 Å². The Hall–Kier alpha value is -1.85. The van der Waals surface area contributed by atoms with E-state index in [0.29, 0.717) is 19.3 Å². The van der Waals surface area contributed by atoms with Crippen molar-refractivity contribution in [3.05, 3.63) is 12.2 Å². The van der Waals surface area contributed by atoms with Gasteiger partial charge in [0, 0.05) is 19.3 Å². The molecule has 0 aliphatic rings. The molecule has 0 fully saturated rings. The Morgan fingerprint density at radius 3 is 0.625 bits per heavy atom. The fraction of sp³-hybridized carbons (Fsp3) is 0.932. The number of hydrogen-bond donors (Lipinski definition) is 0. The molecule has 474 valence electrons. The molecular formula is C74H142O6. The second kappa shape index (κ2) is 69.6. The number of carbonyl (C=O) groups excluding carboxylic acids is 3. The number of hydrogen-bond acceptors (Lipinski definition) is 6. The van der Waals surface area contributed by atoms with Gasteiger partial charge in [0.15, 0.2) is 6.10 Å². The van der Waals surface area contributed by atoms with Crippen LogP contribution in [0.1, 0.15) is 425 Å². The predicted octanol–water partition coefficient (Wildman–Crippen LogP) is 25.2. The van der Waals surface area contributed by atoms with Gasteiger partial charge in [0.1, 0.15) is 13.2 Å². The van der Waals surface area contributed by atoms with Gasteiger partial charge in [-0.15, -0.1) is 0 Å². The largest absolute Gasteiger partial charge is 0.462 e. The van der Waals surface area contributed by atoms with Crippen LogP contribution in [-0.4, -0.2) is 37.2 Å².